The van der Waals surface area contributed by atoms with Crippen LogP contribution in [0.4, 0.5) is 10.5 Å². The van der Waals surface area contributed by atoms with Gasteiger partial charge in [0.2, 0.25) is 0 Å². The number of para-hydroxylation sites is 2. The van der Waals surface area contributed by atoms with Crippen LogP contribution in [0, 0.1) is 6.92 Å². The quantitative estimate of drug-likeness (QED) is 0.331. The smallest absolute Gasteiger partial charge is 0.322 e. The molecule has 0 saturated heterocycles. The van der Waals surface area contributed by atoms with Gasteiger partial charge in [-0.1, -0.05) is 29.8 Å². The zero-order valence-electron chi connectivity index (χ0n) is 21.5. The average molecular weight is 502 g/mol. The van der Waals surface area contributed by atoms with Crippen molar-refractivity contribution in [2.24, 2.45) is 0 Å². The summed E-state index contributed by atoms with van der Waals surface area (Å²) in [5.41, 5.74) is 3.64. The van der Waals surface area contributed by atoms with E-state index in [2.05, 4.69) is 10.3 Å². The number of pyridine rings is 1. The Hall–Kier alpha value is -4.46. The first-order chi connectivity index (χ1) is 17.9. The van der Waals surface area contributed by atoms with Crippen LogP contribution < -0.4 is 25.1 Å². The van der Waals surface area contributed by atoms with Crippen LogP contribution in [0.3, 0.4) is 0 Å². The Morgan fingerprint density at radius 1 is 0.892 bits per heavy atom. The van der Waals surface area contributed by atoms with E-state index in [0.717, 1.165) is 22.0 Å². The van der Waals surface area contributed by atoms with E-state index in [0.29, 0.717) is 41.5 Å². The van der Waals surface area contributed by atoms with Crippen LogP contribution in [0.1, 0.15) is 16.7 Å². The van der Waals surface area contributed by atoms with E-state index in [9.17, 15) is 9.59 Å². The van der Waals surface area contributed by atoms with Gasteiger partial charge >= 0.3 is 6.03 Å². The number of amides is 2. The van der Waals surface area contributed by atoms with Crippen molar-refractivity contribution in [1.29, 1.82) is 0 Å². The molecule has 37 heavy (non-hydrogen) atoms. The van der Waals surface area contributed by atoms with E-state index in [4.69, 9.17) is 14.2 Å². The fourth-order valence-electron chi connectivity index (χ4n) is 4.19. The van der Waals surface area contributed by atoms with Crippen molar-refractivity contribution in [2.75, 3.05) is 33.2 Å². The lowest BCUT2D eigenvalue weighted by Gasteiger charge is -2.24. The van der Waals surface area contributed by atoms with Crippen LogP contribution >= 0.6 is 0 Å². The van der Waals surface area contributed by atoms with Gasteiger partial charge in [0.05, 0.1) is 33.6 Å². The summed E-state index contributed by atoms with van der Waals surface area (Å²) in [5.74, 6) is 1.80. The third-order valence-electron chi connectivity index (χ3n) is 6.19. The second-order valence-corrected chi connectivity index (χ2v) is 8.71. The maximum Gasteiger partial charge on any atom is 0.322 e. The molecule has 0 aliphatic rings. The zero-order chi connectivity index (χ0) is 26.4. The van der Waals surface area contributed by atoms with Crippen LogP contribution in [-0.4, -0.2) is 43.8 Å². The number of carbonyl (C=O) groups is 1. The summed E-state index contributed by atoms with van der Waals surface area (Å²) in [6.07, 6.45) is 0.546. The summed E-state index contributed by atoms with van der Waals surface area (Å²) < 4.78 is 16.1. The van der Waals surface area contributed by atoms with Gasteiger partial charge in [-0.25, -0.2) is 4.79 Å². The molecule has 0 atom stereocenters. The van der Waals surface area contributed by atoms with Crippen molar-refractivity contribution in [3.8, 4) is 17.2 Å². The van der Waals surface area contributed by atoms with Gasteiger partial charge < -0.3 is 29.4 Å². The molecule has 0 bridgehead atoms. The van der Waals surface area contributed by atoms with Crippen molar-refractivity contribution in [3.63, 3.8) is 0 Å². The molecular weight excluding hydrogens is 470 g/mol. The van der Waals surface area contributed by atoms with Gasteiger partial charge in [0.15, 0.2) is 11.5 Å². The lowest BCUT2D eigenvalue weighted by Crippen LogP contribution is -2.37. The topological polar surface area (TPSA) is 92.9 Å². The number of methoxy groups -OCH3 is 3. The molecule has 2 amide bonds. The van der Waals surface area contributed by atoms with Gasteiger partial charge in [0.1, 0.15) is 5.75 Å². The summed E-state index contributed by atoms with van der Waals surface area (Å²) in [6.45, 7) is 2.50. The van der Waals surface area contributed by atoms with E-state index in [1.807, 2.05) is 61.5 Å². The molecule has 0 radical (unpaired) electrons. The zero-order valence-corrected chi connectivity index (χ0v) is 21.5. The molecule has 3 aromatic carbocycles. The second kappa shape index (κ2) is 11.5. The fraction of sp³-hybridized carbons (Fsp3) is 0.241. The molecule has 4 aromatic rings. The van der Waals surface area contributed by atoms with Crippen molar-refractivity contribution in [3.05, 3.63) is 93.8 Å². The Balaban J connectivity index is 1.63. The number of H-pyrrole nitrogens is 1. The van der Waals surface area contributed by atoms with E-state index in [-0.39, 0.29) is 18.1 Å². The molecule has 0 saturated carbocycles. The summed E-state index contributed by atoms with van der Waals surface area (Å²) in [4.78, 5) is 30.9. The van der Waals surface area contributed by atoms with Crippen molar-refractivity contribution in [1.82, 2.24) is 9.88 Å². The van der Waals surface area contributed by atoms with Crippen LogP contribution in [-0.2, 0) is 13.0 Å². The van der Waals surface area contributed by atoms with E-state index in [1.54, 1.807) is 38.4 Å². The monoisotopic (exact) mass is 501 g/mol. The number of hydrogen-bond acceptors (Lipinski definition) is 5. The Labute approximate surface area is 215 Å². The van der Waals surface area contributed by atoms with E-state index in [1.165, 1.54) is 0 Å². The summed E-state index contributed by atoms with van der Waals surface area (Å²) in [6, 6.07) is 20.2. The lowest BCUT2D eigenvalue weighted by atomic mass is 10.1. The minimum absolute atomic E-state index is 0.132. The Morgan fingerprint density at radius 3 is 2.41 bits per heavy atom. The van der Waals surface area contributed by atoms with Crippen molar-refractivity contribution < 1.29 is 19.0 Å². The number of rotatable bonds is 9. The first-order valence-corrected chi connectivity index (χ1v) is 11.9. The summed E-state index contributed by atoms with van der Waals surface area (Å²) >= 11 is 0. The molecule has 1 aromatic heterocycles. The summed E-state index contributed by atoms with van der Waals surface area (Å²) in [7, 11) is 4.73. The highest BCUT2D eigenvalue weighted by molar-refractivity contribution is 5.91. The number of benzene rings is 3. The van der Waals surface area contributed by atoms with E-state index >= 15 is 0 Å². The molecule has 0 aliphatic carbocycles. The number of nitrogens with one attached hydrogen (secondary N) is 2. The molecule has 8 nitrogen and oxygen atoms in total. The number of urea groups is 1. The van der Waals surface area contributed by atoms with Gasteiger partial charge in [0, 0.05) is 17.6 Å². The second-order valence-electron chi connectivity index (χ2n) is 8.71. The molecule has 8 heteroatoms. The third kappa shape index (κ3) is 6.03. The first kappa shape index (κ1) is 25.6. The number of aryl methyl sites for hydroxylation is 1. The molecular formula is C29H31N3O5. The standard InChI is InChI=1S/C29H31N3O5/c1-19-9-11-23-21(15-19)17-22(28(33)30-23)18-32(29(34)31-24-7-5-6-8-25(24)35-2)14-13-20-10-12-26(36-3)27(16-20)37-4/h5-12,15-17H,13-14,18H2,1-4H3,(H,30,33)(H,31,34). The van der Waals surface area contributed by atoms with Crippen LogP contribution in [0.25, 0.3) is 10.9 Å². The Morgan fingerprint density at radius 2 is 1.65 bits per heavy atom. The normalized spacial score (nSPS) is 10.7. The third-order valence-corrected chi connectivity index (χ3v) is 6.19. The van der Waals surface area contributed by atoms with Gasteiger partial charge in [-0.3, -0.25) is 4.79 Å². The number of aromatic nitrogens is 1. The predicted octanol–water partition coefficient (Wildman–Crippen LogP) is 5.14. The minimum Gasteiger partial charge on any atom is -0.495 e. The predicted molar refractivity (Wildman–Crippen MR) is 145 cm³/mol. The first-order valence-electron chi connectivity index (χ1n) is 11.9. The molecule has 0 spiro atoms. The highest BCUT2D eigenvalue weighted by Gasteiger charge is 2.18. The lowest BCUT2D eigenvalue weighted by molar-refractivity contribution is 0.209. The Bertz CT molecular complexity index is 1460. The number of aromatic amines is 1. The molecule has 0 unspecified atom stereocenters. The molecule has 192 valence electrons. The van der Waals surface area contributed by atoms with Gasteiger partial charge in [-0.15, -0.1) is 0 Å². The molecule has 0 fully saturated rings. The number of hydrogen-bond donors (Lipinski definition) is 2. The van der Waals surface area contributed by atoms with Crippen LogP contribution in [0.2, 0.25) is 0 Å². The van der Waals surface area contributed by atoms with Crippen molar-refractivity contribution >= 4 is 22.6 Å². The van der Waals surface area contributed by atoms with Crippen LogP contribution in [0.5, 0.6) is 17.2 Å². The van der Waals surface area contributed by atoms with Gasteiger partial charge in [-0.05, 0) is 66.8 Å². The number of ether oxygens (including phenoxy) is 3. The highest BCUT2D eigenvalue weighted by Crippen LogP contribution is 2.28. The Kier molecular flexibility index (Phi) is 7.98. The van der Waals surface area contributed by atoms with E-state index < -0.39 is 0 Å². The maximum atomic E-state index is 13.5. The molecule has 0 aliphatic heterocycles. The minimum atomic E-state index is -0.339. The molecule has 4 rings (SSSR count). The fourth-order valence-corrected chi connectivity index (χ4v) is 4.19. The number of fused-ring (bicyclic) bond motifs is 1. The average Bonchev–Trinajstić information content (AvgIpc) is 2.91. The van der Waals surface area contributed by atoms with Crippen molar-refractivity contribution in [2.45, 2.75) is 19.9 Å². The highest BCUT2D eigenvalue weighted by atomic mass is 16.5. The maximum absolute atomic E-state index is 13.5. The number of anilines is 1. The SMILES string of the molecule is COc1ccccc1NC(=O)N(CCc1ccc(OC)c(OC)c1)Cc1cc2cc(C)ccc2[nH]c1=O. The number of carbonyl (C=O) groups excluding carboxylic acids is 1. The van der Waals surface area contributed by atoms with Gasteiger partial charge in [-0.2, -0.15) is 0 Å². The summed E-state index contributed by atoms with van der Waals surface area (Å²) in [5, 5.41) is 3.85. The van der Waals surface area contributed by atoms with Crippen LogP contribution in [0.15, 0.2) is 71.5 Å². The molecule has 1 heterocycles. The largest absolute Gasteiger partial charge is 0.495 e. The molecule has 2 N–H and O–H groups in total. The number of nitrogens with zero attached hydrogens (tertiary/aromatic N) is 1. The van der Waals surface area contributed by atoms with Gasteiger partial charge in [0.25, 0.3) is 5.56 Å².